The van der Waals surface area contributed by atoms with E-state index in [1.165, 1.54) is 7.11 Å². The minimum Gasteiger partial charge on any atom is -0.494 e. The summed E-state index contributed by atoms with van der Waals surface area (Å²) in [5.74, 6) is -0.972. The highest BCUT2D eigenvalue weighted by molar-refractivity contribution is 5.32. The summed E-state index contributed by atoms with van der Waals surface area (Å²) in [4.78, 5) is 0. The van der Waals surface area contributed by atoms with Crippen LogP contribution in [0.4, 0.5) is 8.78 Å². The third kappa shape index (κ3) is 2.62. The van der Waals surface area contributed by atoms with Crippen molar-refractivity contribution in [2.24, 2.45) is 11.7 Å². The molecule has 1 atom stereocenters. The fourth-order valence-electron chi connectivity index (χ4n) is 2.41. The monoisotopic (exact) mass is 256 g/mol. The maximum atomic E-state index is 13.9. The van der Waals surface area contributed by atoms with E-state index in [-0.39, 0.29) is 17.2 Å². The van der Waals surface area contributed by atoms with E-state index in [4.69, 9.17) is 10.5 Å². The van der Waals surface area contributed by atoms with Crippen LogP contribution in [0.5, 0.6) is 5.75 Å². The second-order valence-electron chi connectivity index (χ2n) is 4.62. The molecule has 1 unspecified atom stereocenters. The van der Waals surface area contributed by atoms with Gasteiger partial charge in [0.25, 0.3) is 0 Å². The zero-order chi connectivity index (χ0) is 13.1. The van der Waals surface area contributed by atoms with Gasteiger partial charge in [-0.1, -0.05) is 0 Å². The van der Waals surface area contributed by atoms with E-state index in [2.05, 4.69) is 5.32 Å². The Labute approximate surface area is 105 Å². The highest BCUT2D eigenvalue weighted by atomic mass is 19.1. The van der Waals surface area contributed by atoms with E-state index >= 15 is 0 Å². The van der Waals surface area contributed by atoms with Crippen LogP contribution < -0.4 is 15.8 Å². The molecule has 100 valence electrons. The number of nitrogens with two attached hydrogens (primary N) is 1. The van der Waals surface area contributed by atoms with Gasteiger partial charge in [-0.05, 0) is 37.9 Å². The molecule has 1 heterocycles. The van der Waals surface area contributed by atoms with Crippen molar-refractivity contribution < 1.29 is 13.5 Å². The third-order valence-electron chi connectivity index (χ3n) is 3.52. The molecule has 0 amide bonds. The summed E-state index contributed by atoms with van der Waals surface area (Å²) in [7, 11) is 1.31. The van der Waals surface area contributed by atoms with E-state index in [1.54, 1.807) is 0 Å². The molecule has 0 saturated carbocycles. The molecule has 0 aromatic heterocycles. The van der Waals surface area contributed by atoms with Gasteiger partial charge in [0.15, 0.2) is 11.6 Å². The van der Waals surface area contributed by atoms with E-state index in [0.29, 0.717) is 0 Å². The summed E-state index contributed by atoms with van der Waals surface area (Å²) in [6.45, 7) is 1.75. The molecule has 0 radical (unpaired) electrons. The number of rotatable bonds is 3. The van der Waals surface area contributed by atoms with Gasteiger partial charge in [-0.15, -0.1) is 0 Å². The standard InChI is InChI=1S/C13H18F2N2O/c1-18-12-7-10(14)9(6-11(12)15)13(16)8-2-4-17-5-3-8/h6-8,13,17H,2-5,16H2,1H3. The zero-order valence-corrected chi connectivity index (χ0v) is 10.4. The molecular weight excluding hydrogens is 238 g/mol. The van der Waals surface area contributed by atoms with Crippen LogP contribution in [-0.2, 0) is 0 Å². The lowest BCUT2D eigenvalue weighted by molar-refractivity contribution is 0.314. The van der Waals surface area contributed by atoms with Gasteiger partial charge in [0.1, 0.15) is 5.82 Å². The highest BCUT2D eigenvalue weighted by Crippen LogP contribution is 2.31. The van der Waals surface area contributed by atoms with Crippen molar-refractivity contribution in [3.63, 3.8) is 0 Å². The quantitative estimate of drug-likeness (QED) is 0.869. The Bertz CT molecular complexity index is 420. The lowest BCUT2D eigenvalue weighted by Crippen LogP contribution is -2.34. The minimum atomic E-state index is -0.571. The van der Waals surface area contributed by atoms with Gasteiger partial charge in [0, 0.05) is 17.7 Å². The molecule has 18 heavy (non-hydrogen) atoms. The SMILES string of the molecule is COc1cc(F)c(C(N)C2CCNCC2)cc1F. The predicted octanol–water partition coefficient (Wildman–Crippen LogP) is 1.97. The van der Waals surface area contributed by atoms with Crippen molar-refractivity contribution in [2.45, 2.75) is 18.9 Å². The van der Waals surface area contributed by atoms with Crippen LogP contribution in [0.3, 0.4) is 0 Å². The molecule has 3 nitrogen and oxygen atoms in total. The van der Waals surface area contributed by atoms with Crippen LogP contribution in [0.25, 0.3) is 0 Å². The average molecular weight is 256 g/mol. The Morgan fingerprint density at radius 3 is 2.56 bits per heavy atom. The number of ether oxygens (including phenoxy) is 1. The molecule has 0 bridgehead atoms. The molecule has 1 saturated heterocycles. The number of methoxy groups -OCH3 is 1. The predicted molar refractivity (Wildman–Crippen MR) is 65.4 cm³/mol. The fourth-order valence-corrected chi connectivity index (χ4v) is 2.41. The summed E-state index contributed by atoms with van der Waals surface area (Å²) < 4.78 is 32.2. The fraction of sp³-hybridized carbons (Fsp3) is 0.538. The summed E-state index contributed by atoms with van der Waals surface area (Å²) >= 11 is 0. The number of hydrogen-bond acceptors (Lipinski definition) is 3. The van der Waals surface area contributed by atoms with Gasteiger partial charge in [-0.25, -0.2) is 8.78 Å². The molecule has 3 N–H and O–H groups in total. The van der Waals surface area contributed by atoms with Crippen LogP contribution in [-0.4, -0.2) is 20.2 Å². The first kappa shape index (κ1) is 13.2. The van der Waals surface area contributed by atoms with Crippen LogP contribution >= 0.6 is 0 Å². The molecule has 2 rings (SSSR count). The first-order chi connectivity index (χ1) is 8.63. The Morgan fingerprint density at radius 2 is 1.94 bits per heavy atom. The molecular formula is C13H18F2N2O. The Kier molecular flexibility index (Phi) is 4.14. The topological polar surface area (TPSA) is 47.3 Å². The molecule has 1 aromatic carbocycles. The highest BCUT2D eigenvalue weighted by Gasteiger charge is 2.25. The number of halogens is 2. The molecule has 1 aliphatic rings. The smallest absolute Gasteiger partial charge is 0.165 e. The second kappa shape index (κ2) is 5.63. The molecule has 1 aromatic rings. The van der Waals surface area contributed by atoms with Gasteiger partial charge in [-0.3, -0.25) is 0 Å². The van der Waals surface area contributed by atoms with E-state index in [1.807, 2.05) is 0 Å². The van der Waals surface area contributed by atoms with E-state index in [0.717, 1.165) is 38.1 Å². The number of nitrogens with one attached hydrogen (secondary N) is 1. The van der Waals surface area contributed by atoms with Crippen LogP contribution in [0.1, 0.15) is 24.4 Å². The minimum absolute atomic E-state index is 0.0891. The van der Waals surface area contributed by atoms with Gasteiger partial charge >= 0.3 is 0 Å². The van der Waals surface area contributed by atoms with Gasteiger partial charge in [0.2, 0.25) is 0 Å². The van der Waals surface area contributed by atoms with Crippen molar-refractivity contribution in [1.82, 2.24) is 5.32 Å². The number of benzene rings is 1. The molecule has 0 spiro atoms. The maximum Gasteiger partial charge on any atom is 0.165 e. The zero-order valence-electron chi connectivity index (χ0n) is 10.4. The van der Waals surface area contributed by atoms with Gasteiger partial charge in [0.05, 0.1) is 7.11 Å². The first-order valence-electron chi connectivity index (χ1n) is 6.12. The van der Waals surface area contributed by atoms with Crippen LogP contribution in [0, 0.1) is 17.6 Å². The molecule has 1 aliphatic heterocycles. The van der Waals surface area contributed by atoms with Crippen molar-refractivity contribution in [3.05, 3.63) is 29.3 Å². The average Bonchev–Trinajstić information content (AvgIpc) is 2.41. The lowest BCUT2D eigenvalue weighted by atomic mass is 9.86. The number of hydrogen-bond donors (Lipinski definition) is 2. The molecule has 0 aliphatic carbocycles. The Morgan fingerprint density at radius 1 is 1.28 bits per heavy atom. The van der Waals surface area contributed by atoms with Crippen LogP contribution in [0.2, 0.25) is 0 Å². The van der Waals surface area contributed by atoms with Crippen molar-refractivity contribution >= 4 is 0 Å². The maximum absolute atomic E-state index is 13.9. The van der Waals surface area contributed by atoms with E-state index in [9.17, 15) is 8.78 Å². The normalized spacial score (nSPS) is 18.7. The van der Waals surface area contributed by atoms with E-state index < -0.39 is 17.7 Å². The second-order valence-corrected chi connectivity index (χ2v) is 4.62. The lowest BCUT2D eigenvalue weighted by Gasteiger charge is -2.28. The van der Waals surface area contributed by atoms with Crippen LogP contribution in [0.15, 0.2) is 12.1 Å². The van der Waals surface area contributed by atoms with Crippen molar-refractivity contribution in [3.8, 4) is 5.75 Å². The summed E-state index contributed by atoms with van der Waals surface area (Å²) in [6.07, 6.45) is 1.77. The van der Waals surface area contributed by atoms with Crippen molar-refractivity contribution in [2.75, 3.05) is 20.2 Å². The first-order valence-corrected chi connectivity index (χ1v) is 6.12. The molecule has 1 fully saturated rings. The molecule has 5 heteroatoms. The van der Waals surface area contributed by atoms with Crippen molar-refractivity contribution in [1.29, 1.82) is 0 Å². The largest absolute Gasteiger partial charge is 0.494 e. The van der Waals surface area contributed by atoms with Gasteiger partial charge in [-0.2, -0.15) is 0 Å². The summed E-state index contributed by atoms with van der Waals surface area (Å²) in [5, 5.41) is 3.22. The van der Waals surface area contributed by atoms with Gasteiger partial charge < -0.3 is 15.8 Å². The Balaban J connectivity index is 2.23. The summed E-state index contributed by atoms with van der Waals surface area (Å²) in [6, 6.07) is 1.75. The number of piperidine rings is 1. The Hall–Kier alpha value is -1.20. The summed E-state index contributed by atoms with van der Waals surface area (Å²) in [5.41, 5.74) is 6.29. The third-order valence-corrected chi connectivity index (χ3v) is 3.52.